The largest absolute Gasteiger partial charge is 0.356 e. The van der Waals surface area contributed by atoms with E-state index in [0.717, 1.165) is 0 Å². The van der Waals surface area contributed by atoms with Gasteiger partial charge in [0.05, 0.1) is 6.16 Å². The van der Waals surface area contributed by atoms with E-state index in [9.17, 15) is 9.36 Å². The fourth-order valence-electron chi connectivity index (χ4n) is 0.549. The summed E-state index contributed by atoms with van der Waals surface area (Å²) in [4.78, 5) is 27.0. The lowest BCUT2D eigenvalue weighted by atomic mass is 10.5. The maximum atomic E-state index is 10.3. The summed E-state index contributed by atoms with van der Waals surface area (Å²) in [6.45, 7) is 1.68. The molecule has 0 saturated carbocycles. The number of rotatable bonds is 4. The smallest absolute Gasteiger partial charge is 0.325 e. The van der Waals surface area contributed by atoms with E-state index < -0.39 is 7.60 Å². The van der Waals surface area contributed by atoms with Crippen LogP contribution < -0.4 is 5.32 Å². The molecule has 0 bridgehead atoms. The van der Waals surface area contributed by atoms with Crippen molar-refractivity contribution in [1.82, 2.24) is 5.32 Å². The Morgan fingerprint density at radius 2 is 2.09 bits per heavy atom. The molecule has 0 aromatic heterocycles. The number of carbonyl (C=O) groups is 1. The average Bonchev–Trinajstić information content (AvgIpc) is 1.78. The highest BCUT2D eigenvalue weighted by Crippen LogP contribution is 2.34. The van der Waals surface area contributed by atoms with Crippen molar-refractivity contribution in [3.05, 3.63) is 0 Å². The van der Waals surface area contributed by atoms with Gasteiger partial charge < -0.3 is 15.1 Å². The molecule has 0 aliphatic carbocycles. The number of hydrogen-bond acceptors (Lipinski definition) is 2. The SMILES string of the molecule is CC(=O)NCCCP(=O)(O)O. The summed E-state index contributed by atoms with van der Waals surface area (Å²) in [5.41, 5.74) is 0. The Morgan fingerprint density at radius 3 is 2.45 bits per heavy atom. The summed E-state index contributed by atoms with van der Waals surface area (Å²) in [7, 11) is -3.88. The van der Waals surface area contributed by atoms with Crippen LogP contribution in [0.15, 0.2) is 0 Å². The quantitative estimate of drug-likeness (QED) is 0.410. The summed E-state index contributed by atoms with van der Waals surface area (Å²) >= 11 is 0. The zero-order valence-electron chi connectivity index (χ0n) is 6.28. The minimum Gasteiger partial charge on any atom is -0.356 e. The molecule has 0 aliphatic heterocycles. The van der Waals surface area contributed by atoms with Gasteiger partial charge in [-0.25, -0.2) is 0 Å². The minimum absolute atomic E-state index is 0.173. The third-order valence-corrected chi connectivity index (χ3v) is 1.90. The highest BCUT2D eigenvalue weighted by atomic mass is 31.2. The van der Waals surface area contributed by atoms with Crippen molar-refractivity contribution in [2.75, 3.05) is 12.7 Å². The lowest BCUT2D eigenvalue weighted by molar-refractivity contribution is -0.118. The molecule has 0 aromatic rings. The van der Waals surface area contributed by atoms with Crippen molar-refractivity contribution in [3.63, 3.8) is 0 Å². The van der Waals surface area contributed by atoms with Crippen LogP contribution in [0.3, 0.4) is 0 Å². The molecule has 0 aromatic carbocycles. The molecule has 11 heavy (non-hydrogen) atoms. The lowest BCUT2D eigenvalue weighted by Crippen LogP contribution is -2.21. The molecule has 0 radical (unpaired) electrons. The molecule has 0 rings (SSSR count). The average molecular weight is 181 g/mol. The molecule has 0 heterocycles. The fourth-order valence-corrected chi connectivity index (χ4v) is 1.12. The molecule has 1 amide bonds. The zero-order valence-corrected chi connectivity index (χ0v) is 7.17. The van der Waals surface area contributed by atoms with Gasteiger partial charge in [-0.05, 0) is 6.42 Å². The van der Waals surface area contributed by atoms with Crippen LogP contribution in [0, 0.1) is 0 Å². The van der Waals surface area contributed by atoms with Crippen molar-refractivity contribution in [1.29, 1.82) is 0 Å². The summed E-state index contributed by atoms with van der Waals surface area (Å²) in [6.07, 6.45) is 0.136. The molecule has 0 spiro atoms. The third kappa shape index (κ3) is 9.62. The second kappa shape index (κ2) is 4.49. The first-order valence-corrected chi connectivity index (χ1v) is 5.00. The van der Waals surface area contributed by atoms with E-state index in [0.29, 0.717) is 13.0 Å². The van der Waals surface area contributed by atoms with Crippen molar-refractivity contribution < 1.29 is 19.1 Å². The molecule has 0 fully saturated rings. The molecule has 5 nitrogen and oxygen atoms in total. The minimum atomic E-state index is -3.88. The predicted octanol–water partition coefficient (Wildman–Crippen LogP) is -0.310. The first kappa shape index (κ1) is 10.6. The predicted molar refractivity (Wildman–Crippen MR) is 40.2 cm³/mol. The van der Waals surface area contributed by atoms with Gasteiger partial charge in [0.25, 0.3) is 0 Å². The van der Waals surface area contributed by atoms with E-state index in [1.165, 1.54) is 6.92 Å². The number of hydrogen-bond donors (Lipinski definition) is 3. The second-order valence-corrected chi connectivity index (χ2v) is 4.00. The van der Waals surface area contributed by atoms with E-state index in [2.05, 4.69) is 5.32 Å². The Labute approximate surface area is 65.0 Å². The van der Waals surface area contributed by atoms with Gasteiger partial charge in [0.15, 0.2) is 0 Å². The van der Waals surface area contributed by atoms with Gasteiger partial charge in [0.2, 0.25) is 5.91 Å². The summed E-state index contributed by atoms with van der Waals surface area (Å²) in [5, 5.41) is 2.44. The van der Waals surface area contributed by atoms with E-state index in [1.807, 2.05) is 0 Å². The van der Waals surface area contributed by atoms with Crippen molar-refractivity contribution >= 4 is 13.5 Å². The van der Waals surface area contributed by atoms with Crippen LogP contribution in [0.1, 0.15) is 13.3 Å². The first-order valence-electron chi connectivity index (χ1n) is 3.21. The van der Waals surface area contributed by atoms with Crippen LogP contribution in [-0.4, -0.2) is 28.4 Å². The highest BCUT2D eigenvalue weighted by Gasteiger charge is 2.10. The Balaban J connectivity index is 3.29. The number of nitrogens with one attached hydrogen (secondary N) is 1. The number of amides is 1. The van der Waals surface area contributed by atoms with Gasteiger partial charge in [-0.2, -0.15) is 0 Å². The molecule has 66 valence electrons. The Morgan fingerprint density at radius 1 is 1.55 bits per heavy atom. The monoisotopic (exact) mass is 181 g/mol. The normalized spacial score (nSPS) is 11.2. The van der Waals surface area contributed by atoms with Crippen LogP contribution >= 0.6 is 7.60 Å². The molecular weight excluding hydrogens is 169 g/mol. The molecule has 3 N–H and O–H groups in total. The van der Waals surface area contributed by atoms with E-state index in [1.54, 1.807) is 0 Å². The lowest BCUT2D eigenvalue weighted by Gasteiger charge is -2.03. The number of carbonyl (C=O) groups excluding carboxylic acids is 1. The van der Waals surface area contributed by atoms with Gasteiger partial charge in [0.1, 0.15) is 0 Å². The van der Waals surface area contributed by atoms with Crippen LogP contribution in [0.2, 0.25) is 0 Å². The molecular formula is C5H12NO4P. The Kier molecular flexibility index (Phi) is 4.33. The topological polar surface area (TPSA) is 86.6 Å². The fraction of sp³-hybridized carbons (Fsp3) is 0.800. The maximum absolute atomic E-state index is 10.3. The first-order chi connectivity index (χ1) is 4.92. The van der Waals surface area contributed by atoms with Crippen molar-refractivity contribution in [3.8, 4) is 0 Å². The highest BCUT2D eigenvalue weighted by molar-refractivity contribution is 7.51. The van der Waals surface area contributed by atoms with E-state index in [4.69, 9.17) is 9.79 Å². The molecule has 0 atom stereocenters. The van der Waals surface area contributed by atoms with Gasteiger partial charge in [-0.3, -0.25) is 9.36 Å². The summed E-state index contributed by atoms with van der Waals surface area (Å²) in [5.74, 6) is -0.185. The molecule has 0 aliphatic rings. The molecule has 0 unspecified atom stereocenters. The molecule has 0 saturated heterocycles. The van der Waals surface area contributed by atoms with Crippen molar-refractivity contribution in [2.24, 2.45) is 0 Å². The molecule has 6 heteroatoms. The standard InChI is InChI=1S/C5H12NO4P/c1-5(7)6-3-2-4-11(8,9)10/h2-4H2,1H3,(H,6,7)(H2,8,9,10). The summed E-state index contributed by atoms with van der Waals surface area (Å²) in [6, 6.07) is 0. The Bertz CT molecular complexity index is 175. The van der Waals surface area contributed by atoms with E-state index in [-0.39, 0.29) is 12.1 Å². The Hall–Kier alpha value is -0.380. The van der Waals surface area contributed by atoms with Gasteiger partial charge in [0, 0.05) is 13.5 Å². The summed E-state index contributed by atoms with van der Waals surface area (Å²) < 4.78 is 10.3. The van der Waals surface area contributed by atoms with Crippen LogP contribution in [0.4, 0.5) is 0 Å². The van der Waals surface area contributed by atoms with Gasteiger partial charge >= 0.3 is 7.60 Å². The van der Waals surface area contributed by atoms with Crippen molar-refractivity contribution in [2.45, 2.75) is 13.3 Å². The zero-order chi connectivity index (χ0) is 8.91. The van der Waals surface area contributed by atoms with Crippen LogP contribution in [0.25, 0.3) is 0 Å². The van der Waals surface area contributed by atoms with Crippen LogP contribution in [0.5, 0.6) is 0 Å². The maximum Gasteiger partial charge on any atom is 0.325 e. The van der Waals surface area contributed by atoms with Crippen LogP contribution in [-0.2, 0) is 9.36 Å². The van der Waals surface area contributed by atoms with Gasteiger partial charge in [-0.1, -0.05) is 0 Å². The van der Waals surface area contributed by atoms with Gasteiger partial charge in [-0.15, -0.1) is 0 Å². The second-order valence-electron chi connectivity index (χ2n) is 2.22. The third-order valence-electron chi connectivity index (χ3n) is 1.00. The van der Waals surface area contributed by atoms with E-state index >= 15 is 0 Å².